The first kappa shape index (κ1) is 59.1. The zero-order chi connectivity index (χ0) is 52.8. The standard InChI is InChI=1S/C62H84N6O5/c1-45(2)20-16-24-49(9)34-38-69-59-63-57(64-60(67-59)70-39-35-50(10)25-17-21-46(3)4)32-30-53-42-54(44-56(43-53)73-55-28-14-13-15-29-55)31-33-58-65-61(71-40-36-51(11)26-18-22-47(5)6)68-62(66-58)72-41-37-52(12)27-19-23-48(7)8/h13-15,20-23,28-29,42-44,49-52H,16-19,24-27,34-41H2,1-12H3. The minimum absolute atomic E-state index is 0.183. The van der Waals surface area contributed by atoms with Crippen LogP contribution in [0.2, 0.25) is 0 Å². The number of para-hydroxylation sites is 1. The van der Waals surface area contributed by atoms with Crippen LogP contribution in [-0.4, -0.2) is 56.3 Å². The van der Waals surface area contributed by atoms with Gasteiger partial charge in [0.05, 0.1) is 26.4 Å². The zero-order valence-electron chi connectivity index (χ0n) is 46.3. The number of allylic oxidation sites excluding steroid dienone is 8. The Kier molecular flexibility index (Phi) is 27.0. The smallest absolute Gasteiger partial charge is 0.323 e. The highest BCUT2D eigenvalue weighted by Gasteiger charge is 2.13. The maximum absolute atomic E-state index is 6.33. The van der Waals surface area contributed by atoms with E-state index in [4.69, 9.17) is 23.7 Å². The predicted octanol–water partition coefficient (Wildman–Crippen LogP) is 15.3. The third-order valence-electron chi connectivity index (χ3n) is 11.9. The molecular formula is C62H84N6O5. The molecule has 0 saturated carbocycles. The summed E-state index contributed by atoms with van der Waals surface area (Å²) >= 11 is 0. The van der Waals surface area contributed by atoms with Gasteiger partial charge in [-0.1, -0.05) is 104 Å². The summed E-state index contributed by atoms with van der Waals surface area (Å²) in [6.07, 6.45) is 21.1. The van der Waals surface area contributed by atoms with E-state index in [1.165, 1.54) is 22.3 Å². The lowest BCUT2D eigenvalue weighted by molar-refractivity contribution is 0.234. The molecule has 0 saturated heterocycles. The average molecular weight is 993 g/mol. The van der Waals surface area contributed by atoms with E-state index in [0.717, 1.165) is 77.0 Å². The third kappa shape index (κ3) is 26.7. The third-order valence-corrected chi connectivity index (χ3v) is 11.9. The molecule has 0 bridgehead atoms. The zero-order valence-corrected chi connectivity index (χ0v) is 46.3. The molecule has 2 aromatic heterocycles. The number of ether oxygens (including phenoxy) is 5. The van der Waals surface area contributed by atoms with E-state index < -0.39 is 0 Å². The van der Waals surface area contributed by atoms with Gasteiger partial charge < -0.3 is 23.7 Å². The van der Waals surface area contributed by atoms with Crippen LogP contribution < -0.4 is 23.7 Å². The minimum Gasteiger partial charge on any atom is -0.463 e. The number of aromatic nitrogens is 6. The summed E-state index contributed by atoms with van der Waals surface area (Å²) in [6, 6.07) is 15.9. The molecule has 0 aliphatic heterocycles. The quantitative estimate of drug-likeness (QED) is 0.0366. The van der Waals surface area contributed by atoms with Crippen molar-refractivity contribution in [3.05, 3.63) is 118 Å². The molecule has 73 heavy (non-hydrogen) atoms. The lowest BCUT2D eigenvalue weighted by atomic mass is 10.0. The Morgan fingerprint density at radius 2 is 0.712 bits per heavy atom. The van der Waals surface area contributed by atoms with Crippen LogP contribution in [0.1, 0.15) is 183 Å². The van der Waals surface area contributed by atoms with E-state index in [9.17, 15) is 0 Å². The maximum atomic E-state index is 6.33. The van der Waals surface area contributed by atoms with Crippen molar-refractivity contribution in [1.82, 2.24) is 29.9 Å². The molecule has 0 N–H and O–H groups in total. The Bertz CT molecular complexity index is 2270. The summed E-state index contributed by atoms with van der Waals surface area (Å²) < 4.78 is 30.9. The Morgan fingerprint density at radius 1 is 0.397 bits per heavy atom. The lowest BCUT2D eigenvalue weighted by Gasteiger charge is -2.12. The molecule has 11 heteroatoms. The van der Waals surface area contributed by atoms with E-state index in [-0.39, 0.29) is 35.7 Å². The van der Waals surface area contributed by atoms with Gasteiger partial charge >= 0.3 is 24.0 Å². The van der Waals surface area contributed by atoms with Crippen LogP contribution in [0.3, 0.4) is 0 Å². The summed E-state index contributed by atoms with van der Waals surface area (Å²) in [5.74, 6) is 16.4. The summed E-state index contributed by atoms with van der Waals surface area (Å²) in [7, 11) is 0. The van der Waals surface area contributed by atoms with Gasteiger partial charge in [0.2, 0.25) is 11.6 Å². The molecule has 0 radical (unpaired) electrons. The molecule has 4 atom stereocenters. The normalized spacial score (nSPS) is 12.3. The van der Waals surface area contributed by atoms with Gasteiger partial charge in [0, 0.05) is 11.1 Å². The maximum Gasteiger partial charge on any atom is 0.323 e. The van der Waals surface area contributed by atoms with Crippen molar-refractivity contribution >= 4 is 0 Å². The highest BCUT2D eigenvalue weighted by atomic mass is 16.5. The molecule has 4 unspecified atom stereocenters. The topological polar surface area (TPSA) is 123 Å². The van der Waals surface area contributed by atoms with Crippen molar-refractivity contribution < 1.29 is 23.7 Å². The van der Waals surface area contributed by atoms with E-state index in [0.29, 0.717) is 72.7 Å². The summed E-state index contributed by atoms with van der Waals surface area (Å²) in [6.45, 7) is 27.9. The predicted molar refractivity (Wildman–Crippen MR) is 296 cm³/mol. The SMILES string of the molecule is CC(C)=CCCC(C)CCOc1nc(C#Cc2cc(C#Cc3nc(OCCC(C)CCC=C(C)C)nc(OCCC(C)CCC=C(C)C)n3)cc(Oc3ccccc3)c2)nc(OCCC(C)CCC=C(C)C)n1. The molecule has 4 aromatic rings. The second kappa shape index (κ2) is 33.3. The molecule has 0 aliphatic rings. The summed E-state index contributed by atoms with van der Waals surface area (Å²) in [5.41, 5.74) is 6.58. The van der Waals surface area contributed by atoms with E-state index >= 15 is 0 Å². The van der Waals surface area contributed by atoms with Gasteiger partial charge in [-0.2, -0.15) is 19.9 Å². The number of nitrogens with zero attached hydrogens (tertiary/aromatic N) is 6. The Morgan fingerprint density at radius 3 is 1.01 bits per heavy atom. The van der Waals surface area contributed by atoms with E-state index in [1.807, 2.05) is 48.5 Å². The largest absolute Gasteiger partial charge is 0.463 e. The molecule has 392 valence electrons. The molecule has 2 heterocycles. The van der Waals surface area contributed by atoms with Gasteiger partial charge in [0.15, 0.2) is 0 Å². The van der Waals surface area contributed by atoms with E-state index in [2.05, 4.69) is 161 Å². The van der Waals surface area contributed by atoms with E-state index in [1.54, 1.807) is 0 Å². The van der Waals surface area contributed by atoms with Gasteiger partial charge in [0.25, 0.3) is 0 Å². The second-order valence-corrected chi connectivity index (χ2v) is 20.5. The van der Waals surface area contributed by atoms with Crippen LogP contribution in [-0.2, 0) is 0 Å². The van der Waals surface area contributed by atoms with Crippen molar-refractivity contribution in [2.24, 2.45) is 23.7 Å². The Labute approximate surface area is 439 Å². The van der Waals surface area contributed by atoms with Crippen LogP contribution in [0.15, 0.2) is 95.1 Å². The fourth-order valence-electron chi connectivity index (χ4n) is 7.34. The minimum atomic E-state index is 0.183. The fraction of sp³-hybridized carbons (Fsp3) is 0.516. The summed E-state index contributed by atoms with van der Waals surface area (Å²) in [4.78, 5) is 27.5. The van der Waals surface area contributed by atoms with Gasteiger partial charge in [-0.3, -0.25) is 0 Å². The molecule has 0 fully saturated rings. The van der Waals surface area contributed by atoms with Gasteiger partial charge in [-0.25, -0.2) is 0 Å². The average Bonchev–Trinajstić information content (AvgIpc) is 3.32. The molecule has 11 nitrogen and oxygen atoms in total. The molecular weight excluding hydrogens is 909 g/mol. The van der Waals surface area contributed by atoms with Crippen LogP contribution in [0.5, 0.6) is 35.5 Å². The Hall–Kier alpha value is -6.46. The first-order valence-electron chi connectivity index (χ1n) is 26.6. The van der Waals surface area contributed by atoms with Gasteiger partial charge in [-0.05, 0) is 198 Å². The first-order chi connectivity index (χ1) is 35.1. The highest BCUT2D eigenvalue weighted by Crippen LogP contribution is 2.25. The Balaban J connectivity index is 1.64. The number of rotatable bonds is 30. The highest BCUT2D eigenvalue weighted by molar-refractivity contribution is 5.52. The van der Waals surface area contributed by atoms with Crippen molar-refractivity contribution in [2.75, 3.05) is 26.4 Å². The van der Waals surface area contributed by atoms with Gasteiger partial charge in [0.1, 0.15) is 11.5 Å². The fourth-order valence-corrected chi connectivity index (χ4v) is 7.34. The molecule has 0 spiro atoms. The van der Waals surface area contributed by atoms with Gasteiger partial charge in [-0.15, -0.1) is 9.97 Å². The monoisotopic (exact) mass is 993 g/mol. The number of benzene rings is 2. The van der Waals surface area contributed by atoms with Crippen LogP contribution in [0, 0.1) is 47.4 Å². The van der Waals surface area contributed by atoms with Crippen molar-refractivity contribution in [3.63, 3.8) is 0 Å². The van der Waals surface area contributed by atoms with Crippen LogP contribution in [0.4, 0.5) is 0 Å². The lowest BCUT2D eigenvalue weighted by Crippen LogP contribution is -2.10. The van der Waals surface area contributed by atoms with Crippen molar-refractivity contribution in [3.8, 4) is 59.2 Å². The number of hydrogen-bond acceptors (Lipinski definition) is 11. The second-order valence-electron chi connectivity index (χ2n) is 20.5. The molecule has 2 aromatic carbocycles. The molecule has 0 amide bonds. The van der Waals surface area contributed by atoms with Crippen LogP contribution in [0.25, 0.3) is 0 Å². The van der Waals surface area contributed by atoms with Crippen molar-refractivity contribution in [1.29, 1.82) is 0 Å². The molecule has 4 rings (SSSR count). The van der Waals surface area contributed by atoms with Crippen molar-refractivity contribution in [2.45, 2.75) is 160 Å². The molecule has 0 aliphatic carbocycles. The summed E-state index contributed by atoms with van der Waals surface area (Å²) in [5, 5.41) is 0. The number of hydrogen-bond donors (Lipinski definition) is 0. The van der Waals surface area contributed by atoms with Crippen LogP contribution >= 0.6 is 0 Å². The first-order valence-corrected chi connectivity index (χ1v) is 26.6.